The first-order chi connectivity index (χ1) is 13.5. The Bertz CT molecular complexity index is 1040. The van der Waals surface area contributed by atoms with Crippen LogP contribution in [-0.4, -0.2) is 52.1 Å². The number of aromatic nitrogens is 2. The minimum Gasteiger partial charge on any atom is -0.481 e. The van der Waals surface area contributed by atoms with Gasteiger partial charge in [-0.2, -0.15) is 0 Å². The van der Waals surface area contributed by atoms with Crippen LogP contribution in [0.5, 0.6) is 0 Å². The van der Waals surface area contributed by atoms with Crippen molar-refractivity contribution in [2.75, 3.05) is 31.1 Å². The molecule has 0 saturated carbocycles. The SMILES string of the molecule is Cc1nc(N2CC3CN(Cc4ccccc4)CC3(C(=O)O)C2)c2ccsc2n1. The molecule has 3 aromatic rings. The minimum absolute atomic E-state index is 0.0951. The fourth-order valence-corrected chi connectivity index (χ4v) is 5.58. The lowest BCUT2D eigenvalue weighted by Gasteiger charge is -2.26. The van der Waals surface area contributed by atoms with Crippen molar-refractivity contribution in [2.45, 2.75) is 13.5 Å². The lowest BCUT2D eigenvalue weighted by atomic mass is 9.81. The molecular formula is C21H22N4O2S. The van der Waals surface area contributed by atoms with Crippen molar-refractivity contribution in [3.63, 3.8) is 0 Å². The van der Waals surface area contributed by atoms with E-state index in [1.54, 1.807) is 11.3 Å². The summed E-state index contributed by atoms with van der Waals surface area (Å²) in [7, 11) is 0. The van der Waals surface area contributed by atoms with E-state index in [2.05, 4.69) is 31.9 Å². The van der Waals surface area contributed by atoms with E-state index in [4.69, 9.17) is 0 Å². The van der Waals surface area contributed by atoms with Crippen LogP contribution < -0.4 is 4.90 Å². The number of aryl methyl sites for hydroxylation is 1. The monoisotopic (exact) mass is 394 g/mol. The highest BCUT2D eigenvalue weighted by Crippen LogP contribution is 2.45. The molecule has 7 heteroatoms. The van der Waals surface area contributed by atoms with Gasteiger partial charge in [-0.05, 0) is 23.9 Å². The first-order valence-electron chi connectivity index (χ1n) is 9.52. The largest absolute Gasteiger partial charge is 0.481 e. The summed E-state index contributed by atoms with van der Waals surface area (Å²) in [6, 6.07) is 12.3. The van der Waals surface area contributed by atoms with Gasteiger partial charge in [0, 0.05) is 38.6 Å². The van der Waals surface area contributed by atoms with Crippen LogP contribution in [0.1, 0.15) is 11.4 Å². The Morgan fingerprint density at radius 3 is 2.79 bits per heavy atom. The van der Waals surface area contributed by atoms with E-state index < -0.39 is 11.4 Å². The van der Waals surface area contributed by atoms with Crippen LogP contribution >= 0.6 is 11.3 Å². The molecule has 1 N–H and O–H groups in total. The summed E-state index contributed by atoms with van der Waals surface area (Å²) < 4.78 is 0. The van der Waals surface area contributed by atoms with Crippen molar-refractivity contribution in [2.24, 2.45) is 11.3 Å². The second-order valence-electron chi connectivity index (χ2n) is 7.93. The topological polar surface area (TPSA) is 69.6 Å². The first-order valence-corrected chi connectivity index (χ1v) is 10.4. The van der Waals surface area contributed by atoms with Gasteiger partial charge in [-0.25, -0.2) is 9.97 Å². The predicted molar refractivity (Wildman–Crippen MR) is 110 cm³/mol. The van der Waals surface area contributed by atoms with Gasteiger partial charge in [0.2, 0.25) is 0 Å². The number of carbonyl (C=O) groups is 1. The van der Waals surface area contributed by atoms with Crippen LogP contribution in [0.2, 0.25) is 0 Å². The van der Waals surface area contributed by atoms with Gasteiger partial charge >= 0.3 is 5.97 Å². The number of anilines is 1. The Balaban J connectivity index is 1.43. The lowest BCUT2D eigenvalue weighted by molar-refractivity contribution is -0.148. The molecule has 2 atom stereocenters. The van der Waals surface area contributed by atoms with Gasteiger partial charge in [-0.3, -0.25) is 9.69 Å². The third kappa shape index (κ3) is 2.77. The Hall–Kier alpha value is -2.51. The number of fused-ring (bicyclic) bond motifs is 2. The van der Waals surface area contributed by atoms with Gasteiger partial charge in [-0.15, -0.1) is 11.3 Å². The van der Waals surface area contributed by atoms with Crippen LogP contribution in [-0.2, 0) is 11.3 Å². The van der Waals surface area contributed by atoms with Gasteiger partial charge in [-0.1, -0.05) is 30.3 Å². The molecular weight excluding hydrogens is 372 g/mol. The maximum Gasteiger partial charge on any atom is 0.313 e. The van der Waals surface area contributed by atoms with Gasteiger partial charge in [0.05, 0.1) is 5.39 Å². The number of thiophene rings is 1. The zero-order chi connectivity index (χ0) is 19.3. The number of rotatable bonds is 4. The Morgan fingerprint density at radius 1 is 1.21 bits per heavy atom. The van der Waals surface area contributed by atoms with Gasteiger partial charge in [0.25, 0.3) is 0 Å². The minimum atomic E-state index is -0.740. The quantitative estimate of drug-likeness (QED) is 0.734. The standard InChI is InChI=1S/C21H22N4O2S/c1-14-22-18(17-7-8-28-19(17)23-14)25-11-16-10-24(9-15-5-3-2-4-6-15)12-21(16,13-25)20(26)27/h2-8,16H,9-13H2,1H3,(H,26,27). The highest BCUT2D eigenvalue weighted by atomic mass is 32.1. The molecule has 2 aliphatic rings. The number of hydrogen-bond acceptors (Lipinski definition) is 6. The molecule has 144 valence electrons. The summed E-state index contributed by atoms with van der Waals surface area (Å²) in [4.78, 5) is 27.0. The number of aliphatic carboxylic acids is 1. The van der Waals surface area contributed by atoms with Crippen molar-refractivity contribution in [3.8, 4) is 0 Å². The van der Waals surface area contributed by atoms with E-state index in [0.29, 0.717) is 13.1 Å². The van der Waals surface area contributed by atoms with Crippen LogP contribution in [0.4, 0.5) is 5.82 Å². The summed E-state index contributed by atoms with van der Waals surface area (Å²) in [5.74, 6) is 1.02. The third-order valence-corrected chi connectivity index (χ3v) is 6.88. The van der Waals surface area contributed by atoms with Crippen molar-refractivity contribution in [1.82, 2.24) is 14.9 Å². The van der Waals surface area contributed by atoms with E-state index >= 15 is 0 Å². The molecule has 0 aliphatic carbocycles. The van der Waals surface area contributed by atoms with E-state index in [1.807, 2.05) is 36.6 Å². The van der Waals surface area contributed by atoms with E-state index in [-0.39, 0.29) is 5.92 Å². The van der Waals surface area contributed by atoms with Crippen molar-refractivity contribution < 1.29 is 9.90 Å². The highest BCUT2D eigenvalue weighted by Gasteiger charge is 2.57. The van der Waals surface area contributed by atoms with Crippen LogP contribution in [0, 0.1) is 18.3 Å². The third-order valence-electron chi connectivity index (χ3n) is 6.07. The van der Waals surface area contributed by atoms with E-state index in [9.17, 15) is 9.90 Å². The molecule has 2 unspecified atom stereocenters. The number of hydrogen-bond donors (Lipinski definition) is 1. The fraction of sp³-hybridized carbons (Fsp3) is 0.381. The molecule has 2 fully saturated rings. The Morgan fingerprint density at radius 2 is 2.04 bits per heavy atom. The number of nitrogens with zero attached hydrogens (tertiary/aromatic N) is 4. The summed E-state index contributed by atoms with van der Waals surface area (Å²) in [5, 5.41) is 13.2. The van der Waals surface area contributed by atoms with Crippen molar-refractivity contribution >= 4 is 33.3 Å². The molecule has 1 aromatic carbocycles. The van der Waals surface area contributed by atoms with Crippen LogP contribution in [0.25, 0.3) is 10.2 Å². The van der Waals surface area contributed by atoms with Crippen molar-refractivity contribution in [1.29, 1.82) is 0 Å². The van der Waals surface area contributed by atoms with Crippen LogP contribution in [0.3, 0.4) is 0 Å². The van der Waals surface area contributed by atoms with E-state index in [0.717, 1.165) is 41.5 Å². The van der Waals surface area contributed by atoms with Crippen LogP contribution in [0.15, 0.2) is 41.8 Å². The molecule has 0 bridgehead atoms. The molecule has 0 spiro atoms. The maximum absolute atomic E-state index is 12.4. The average Bonchev–Trinajstić information content (AvgIpc) is 3.34. The fourth-order valence-electron chi connectivity index (χ4n) is 4.78. The number of likely N-dealkylation sites (tertiary alicyclic amines) is 1. The van der Waals surface area contributed by atoms with Crippen molar-refractivity contribution in [3.05, 3.63) is 53.2 Å². The molecule has 0 amide bonds. The second-order valence-corrected chi connectivity index (χ2v) is 8.82. The van der Waals surface area contributed by atoms with Gasteiger partial charge < -0.3 is 10.0 Å². The maximum atomic E-state index is 12.4. The summed E-state index contributed by atoms with van der Waals surface area (Å²) in [6.45, 7) is 5.30. The molecule has 6 nitrogen and oxygen atoms in total. The summed E-state index contributed by atoms with van der Waals surface area (Å²) in [6.07, 6.45) is 0. The molecule has 28 heavy (non-hydrogen) atoms. The number of carboxylic acids is 1. The van der Waals surface area contributed by atoms with E-state index in [1.165, 1.54) is 5.56 Å². The molecule has 2 aliphatic heterocycles. The first kappa shape index (κ1) is 17.6. The lowest BCUT2D eigenvalue weighted by Crippen LogP contribution is -2.41. The van der Waals surface area contributed by atoms with Gasteiger partial charge in [0.15, 0.2) is 0 Å². The Kier molecular flexibility index (Phi) is 4.10. The zero-order valence-corrected chi connectivity index (χ0v) is 16.5. The smallest absolute Gasteiger partial charge is 0.313 e. The molecule has 5 rings (SSSR count). The summed E-state index contributed by atoms with van der Waals surface area (Å²) >= 11 is 1.60. The zero-order valence-electron chi connectivity index (χ0n) is 15.7. The highest BCUT2D eigenvalue weighted by molar-refractivity contribution is 7.16. The average molecular weight is 395 g/mol. The predicted octanol–water partition coefficient (Wildman–Crippen LogP) is 3.02. The normalized spacial score (nSPS) is 24.8. The molecule has 2 saturated heterocycles. The Labute approximate surface area is 167 Å². The number of benzene rings is 1. The van der Waals surface area contributed by atoms with Gasteiger partial charge in [0.1, 0.15) is 21.9 Å². The molecule has 4 heterocycles. The summed E-state index contributed by atoms with van der Waals surface area (Å²) in [5.41, 5.74) is 0.488. The molecule has 0 radical (unpaired) electrons. The second kappa shape index (κ2) is 6.53. The molecule has 2 aromatic heterocycles. The number of carboxylic acid groups (broad SMARTS) is 1.